The minimum Gasteiger partial charge on any atom is -0.504 e. The monoisotopic (exact) mass is 388 g/mol. The summed E-state index contributed by atoms with van der Waals surface area (Å²) < 4.78 is 21.0. The number of ether oxygens (including phenoxy) is 4. The number of methoxy groups -OCH3 is 3. The molecule has 1 heterocycles. The molecule has 0 aliphatic carbocycles. The van der Waals surface area contributed by atoms with Crippen molar-refractivity contribution in [3.05, 3.63) is 41.5 Å². The summed E-state index contributed by atoms with van der Waals surface area (Å²) in [6.45, 7) is 0.332. The molecule has 2 aromatic rings. The van der Waals surface area contributed by atoms with Crippen molar-refractivity contribution in [3.8, 4) is 28.7 Å². The van der Waals surface area contributed by atoms with E-state index in [9.17, 15) is 15.0 Å². The zero-order valence-electron chi connectivity index (χ0n) is 16.1. The Morgan fingerprint density at radius 1 is 0.929 bits per heavy atom. The molecule has 0 amide bonds. The van der Waals surface area contributed by atoms with E-state index in [1.54, 1.807) is 20.3 Å². The topological polar surface area (TPSA) is 94.5 Å². The smallest absolute Gasteiger partial charge is 0.309 e. The highest BCUT2D eigenvalue weighted by molar-refractivity contribution is 5.75. The van der Waals surface area contributed by atoms with E-state index in [-0.39, 0.29) is 35.1 Å². The van der Waals surface area contributed by atoms with E-state index in [1.807, 2.05) is 18.2 Å². The van der Waals surface area contributed by atoms with Crippen LogP contribution >= 0.6 is 0 Å². The van der Waals surface area contributed by atoms with Crippen LogP contribution in [0, 0.1) is 11.8 Å². The van der Waals surface area contributed by atoms with E-state index < -0.39 is 0 Å². The molecule has 7 heteroatoms. The first-order valence-corrected chi connectivity index (χ1v) is 8.93. The van der Waals surface area contributed by atoms with Crippen LogP contribution in [0.2, 0.25) is 0 Å². The third-order valence-corrected chi connectivity index (χ3v) is 5.05. The Morgan fingerprint density at radius 2 is 1.61 bits per heavy atom. The number of aromatic hydroxyl groups is 2. The highest BCUT2D eigenvalue weighted by Gasteiger charge is 2.37. The second kappa shape index (κ2) is 8.29. The number of hydrogen-bond donors (Lipinski definition) is 2. The van der Waals surface area contributed by atoms with Gasteiger partial charge in [-0.2, -0.15) is 0 Å². The lowest BCUT2D eigenvalue weighted by Crippen LogP contribution is -2.20. The van der Waals surface area contributed by atoms with Crippen molar-refractivity contribution in [2.75, 3.05) is 27.9 Å². The van der Waals surface area contributed by atoms with Crippen LogP contribution in [-0.2, 0) is 22.4 Å². The van der Waals surface area contributed by atoms with Crippen LogP contribution in [0.5, 0.6) is 28.7 Å². The maximum absolute atomic E-state index is 12.3. The largest absolute Gasteiger partial charge is 0.504 e. The molecule has 1 fully saturated rings. The number of phenolic OH excluding ortho intramolecular Hbond substituents is 2. The van der Waals surface area contributed by atoms with Gasteiger partial charge in [0.1, 0.15) is 0 Å². The molecule has 1 aliphatic heterocycles. The van der Waals surface area contributed by atoms with Gasteiger partial charge in [0.2, 0.25) is 5.75 Å². The predicted octanol–water partition coefficient (Wildman–Crippen LogP) is 2.70. The molecule has 0 saturated carbocycles. The molecule has 0 radical (unpaired) electrons. The lowest BCUT2D eigenvalue weighted by atomic mass is 9.85. The molecule has 0 spiro atoms. The van der Waals surface area contributed by atoms with Crippen LogP contribution in [0.3, 0.4) is 0 Å². The van der Waals surface area contributed by atoms with Gasteiger partial charge >= 0.3 is 5.97 Å². The average Bonchev–Trinajstić information content (AvgIpc) is 3.03. The molecule has 0 aromatic heterocycles. The van der Waals surface area contributed by atoms with Gasteiger partial charge in [0.15, 0.2) is 23.0 Å². The Hall–Kier alpha value is -3.09. The summed E-state index contributed by atoms with van der Waals surface area (Å²) >= 11 is 0. The Labute approximate surface area is 163 Å². The van der Waals surface area contributed by atoms with Gasteiger partial charge in [-0.15, -0.1) is 0 Å². The van der Waals surface area contributed by atoms with Crippen LogP contribution in [-0.4, -0.2) is 44.1 Å². The molecule has 0 unspecified atom stereocenters. The quantitative estimate of drug-likeness (QED) is 0.556. The molecule has 2 N–H and O–H groups in total. The number of benzene rings is 2. The van der Waals surface area contributed by atoms with Crippen molar-refractivity contribution in [3.63, 3.8) is 0 Å². The van der Waals surface area contributed by atoms with Crippen LogP contribution < -0.4 is 14.2 Å². The number of carbonyl (C=O) groups is 1. The first-order valence-electron chi connectivity index (χ1n) is 8.93. The van der Waals surface area contributed by atoms with E-state index in [1.165, 1.54) is 13.2 Å². The van der Waals surface area contributed by atoms with E-state index >= 15 is 0 Å². The first-order chi connectivity index (χ1) is 13.5. The summed E-state index contributed by atoms with van der Waals surface area (Å²) in [6.07, 6.45) is 1.01. The summed E-state index contributed by atoms with van der Waals surface area (Å²) in [7, 11) is 4.57. The minimum atomic E-state index is -0.359. The molecular weight excluding hydrogens is 364 g/mol. The van der Waals surface area contributed by atoms with Gasteiger partial charge < -0.3 is 29.2 Å². The Kier molecular flexibility index (Phi) is 5.82. The fraction of sp³-hybridized carbons (Fsp3) is 0.381. The molecule has 0 bridgehead atoms. The summed E-state index contributed by atoms with van der Waals surface area (Å²) in [6, 6.07) is 8.74. The molecule has 2 atom stereocenters. The molecule has 3 rings (SSSR count). The third kappa shape index (κ3) is 3.93. The number of esters is 1. The van der Waals surface area contributed by atoms with E-state index in [2.05, 4.69) is 0 Å². The van der Waals surface area contributed by atoms with Gasteiger partial charge in [-0.25, -0.2) is 0 Å². The third-order valence-electron chi connectivity index (χ3n) is 5.05. The maximum Gasteiger partial charge on any atom is 0.309 e. The summed E-state index contributed by atoms with van der Waals surface area (Å²) in [4.78, 5) is 12.3. The van der Waals surface area contributed by atoms with Gasteiger partial charge in [-0.3, -0.25) is 4.79 Å². The van der Waals surface area contributed by atoms with E-state index in [0.29, 0.717) is 36.5 Å². The SMILES string of the molecule is COc1ccc(C[C@H]2COC(=O)[C@@H]2Cc2cc(O)c(O)c(OC)c2)cc1OC. The van der Waals surface area contributed by atoms with Crippen molar-refractivity contribution in [1.29, 1.82) is 0 Å². The van der Waals surface area contributed by atoms with Crippen molar-refractivity contribution in [2.45, 2.75) is 12.8 Å². The highest BCUT2D eigenvalue weighted by Crippen LogP contribution is 2.38. The lowest BCUT2D eigenvalue weighted by molar-refractivity contribution is -0.141. The molecule has 1 saturated heterocycles. The zero-order valence-corrected chi connectivity index (χ0v) is 16.1. The van der Waals surface area contributed by atoms with Gasteiger partial charge in [0.25, 0.3) is 0 Å². The molecular formula is C21H24O7. The fourth-order valence-electron chi connectivity index (χ4n) is 3.54. The van der Waals surface area contributed by atoms with Crippen LogP contribution in [0.1, 0.15) is 11.1 Å². The maximum atomic E-state index is 12.3. The standard InChI is InChI=1S/C21H24O7/c1-25-17-5-4-12(9-18(17)26-2)6-14-11-28-21(24)15(14)7-13-8-16(22)20(23)19(10-13)27-3/h4-5,8-10,14-15,22-23H,6-7,11H2,1-3H3/t14-,15+/m0/s1. The average molecular weight is 388 g/mol. The molecule has 7 nitrogen and oxygen atoms in total. The van der Waals surface area contributed by atoms with Crippen molar-refractivity contribution in [1.82, 2.24) is 0 Å². The fourth-order valence-corrected chi connectivity index (χ4v) is 3.54. The Balaban J connectivity index is 1.80. The van der Waals surface area contributed by atoms with Crippen LogP contribution in [0.25, 0.3) is 0 Å². The first kappa shape index (κ1) is 19.7. The van der Waals surface area contributed by atoms with Crippen molar-refractivity contribution >= 4 is 5.97 Å². The van der Waals surface area contributed by atoms with Gasteiger partial charge in [-0.1, -0.05) is 6.07 Å². The predicted molar refractivity (Wildman–Crippen MR) is 101 cm³/mol. The second-order valence-electron chi connectivity index (χ2n) is 6.76. The number of hydrogen-bond acceptors (Lipinski definition) is 7. The van der Waals surface area contributed by atoms with Gasteiger partial charge in [0.05, 0.1) is 33.9 Å². The number of rotatable bonds is 7. The number of phenols is 2. The van der Waals surface area contributed by atoms with Crippen LogP contribution in [0.4, 0.5) is 0 Å². The Morgan fingerprint density at radius 3 is 2.29 bits per heavy atom. The normalized spacial score (nSPS) is 18.6. The lowest BCUT2D eigenvalue weighted by Gasteiger charge is -2.17. The number of carbonyl (C=O) groups excluding carboxylic acids is 1. The van der Waals surface area contributed by atoms with Gasteiger partial charge in [-0.05, 0) is 48.2 Å². The molecule has 1 aliphatic rings. The Bertz CT molecular complexity index is 862. The second-order valence-corrected chi connectivity index (χ2v) is 6.76. The van der Waals surface area contributed by atoms with Gasteiger partial charge in [0, 0.05) is 5.92 Å². The van der Waals surface area contributed by atoms with E-state index in [4.69, 9.17) is 18.9 Å². The molecule has 28 heavy (non-hydrogen) atoms. The summed E-state index contributed by atoms with van der Waals surface area (Å²) in [5.74, 6) is 0.201. The summed E-state index contributed by atoms with van der Waals surface area (Å²) in [5.41, 5.74) is 1.70. The molecule has 2 aromatic carbocycles. The molecule has 150 valence electrons. The highest BCUT2D eigenvalue weighted by atomic mass is 16.5. The van der Waals surface area contributed by atoms with Crippen LogP contribution in [0.15, 0.2) is 30.3 Å². The summed E-state index contributed by atoms with van der Waals surface area (Å²) in [5, 5.41) is 19.7. The zero-order chi connectivity index (χ0) is 20.3. The van der Waals surface area contributed by atoms with Crippen molar-refractivity contribution < 1.29 is 34.0 Å². The van der Waals surface area contributed by atoms with E-state index in [0.717, 1.165) is 5.56 Å². The number of cyclic esters (lactones) is 1. The minimum absolute atomic E-state index is 0.0208. The van der Waals surface area contributed by atoms with Crippen molar-refractivity contribution in [2.24, 2.45) is 11.8 Å².